The Morgan fingerprint density at radius 3 is 2.50 bits per heavy atom. The summed E-state index contributed by atoms with van der Waals surface area (Å²) < 4.78 is 0. The number of aryl methyl sites for hydroxylation is 1. The van der Waals surface area contributed by atoms with E-state index < -0.39 is 5.97 Å². The van der Waals surface area contributed by atoms with Gasteiger partial charge in [-0.2, -0.15) is 0 Å². The van der Waals surface area contributed by atoms with Crippen LogP contribution in [-0.4, -0.2) is 21.8 Å². The van der Waals surface area contributed by atoms with Crippen molar-refractivity contribution >= 4 is 17.6 Å². The zero-order valence-corrected chi connectivity index (χ0v) is 7.87. The summed E-state index contributed by atoms with van der Waals surface area (Å²) in [5.41, 5.74) is 5.84. The molecule has 0 amide bonds. The van der Waals surface area contributed by atoms with Crippen molar-refractivity contribution in [1.29, 1.82) is 0 Å². The van der Waals surface area contributed by atoms with Gasteiger partial charge >= 0.3 is 5.97 Å². The molecule has 3 N–H and O–H groups in total. The molecule has 5 heteroatoms. The molecule has 1 aromatic heterocycles. The first-order valence-electron chi connectivity index (χ1n) is 3.95. The van der Waals surface area contributed by atoms with Crippen LogP contribution in [-0.2, 0) is 0 Å². The number of anilines is 1. The number of aromatic carboxylic acids is 1. The van der Waals surface area contributed by atoms with Gasteiger partial charge in [0.1, 0.15) is 5.82 Å². The molecule has 0 fully saturated rings. The Labute approximate surface area is 80.6 Å². The number of nitrogen functional groups attached to an aromatic ring is 1. The van der Waals surface area contributed by atoms with Crippen LogP contribution in [0.3, 0.4) is 0 Å². The lowest BCUT2D eigenvalue weighted by Crippen LogP contribution is -2.11. The number of carbonyl (C=O) groups excluding carboxylic acids is 1. The first-order chi connectivity index (χ1) is 6.43. The SMILES string of the molecule is CC(=O)c1cc(C)c(N)nc1C(=O)O. The fourth-order valence-electron chi connectivity index (χ4n) is 1.06. The van der Waals surface area contributed by atoms with Crippen LogP contribution in [0.2, 0.25) is 0 Å². The fourth-order valence-corrected chi connectivity index (χ4v) is 1.06. The van der Waals surface area contributed by atoms with Crippen molar-refractivity contribution < 1.29 is 14.7 Å². The molecule has 0 radical (unpaired) electrons. The third-order valence-corrected chi connectivity index (χ3v) is 1.83. The highest BCUT2D eigenvalue weighted by molar-refractivity contribution is 6.04. The van der Waals surface area contributed by atoms with Gasteiger partial charge in [-0.05, 0) is 25.5 Å². The molecular weight excluding hydrogens is 184 g/mol. The Balaban J connectivity index is 3.46. The molecule has 74 valence electrons. The van der Waals surface area contributed by atoms with Crippen LogP contribution in [0.4, 0.5) is 5.82 Å². The molecule has 0 atom stereocenters. The number of ketones is 1. The predicted molar refractivity (Wildman–Crippen MR) is 50.4 cm³/mol. The first kappa shape index (κ1) is 10.2. The van der Waals surface area contributed by atoms with Gasteiger partial charge in [0.15, 0.2) is 11.5 Å². The van der Waals surface area contributed by atoms with Gasteiger partial charge in [0.25, 0.3) is 0 Å². The number of carbonyl (C=O) groups is 2. The third-order valence-electron chi connectivity index (χ3n) is 1.83. The van der Waals surface area contributed by atoms with Gasteiger partial charge in [-0.1, -0.05) is 0 Å². The number of hydrogen-bond acceptors (Lipinski definition) is 4. The van der Waals surface area contributed by atoms with Crippen LogP contribution in [0.25, 0.3) is 0 Å². The summed E-state index contributed by atoms with van der Waals surface area (Å²) in [4.78, 5) is 25.5. The number of nitrogens with two attached hydrogens (primary N) is 1. The summed E-state index contributed by atoms with van der Waals surface area (Å²) in [6, 6.07) is 1.44. The summed E-state index contributed by atoms with van der Waals surface area (Å²) in [5.74, 6) is -1.45. The smallest absolute Gasteiger partial charge is 0.355 e. The molecule has 0 unspecified atom stereocenters. The van der Waals surface area contributed by atoms with Crippen LogP contribution in [0.5, 0.6) is 0 Å². The standard InChI is InChI=1S/C9H10N2O3/c1-4-3-6(5(2)12)7(9(13)14)11-8(4)10/h3H,1-2H3,(H2,10,11)(H,13,14). The van der Waals surface area contributed by atoms with E-state index in [1.54, 1.807) is 6.92 Å². The van der Waals surface area contributed by atoms with Crippen molar-refractivity contribution in [3.05, 3.63) is 22.9 Å². The summed E-state index contributed by atoms with van der Waals surface area (Å²) in [6.45, 7) is 2.96. The monoisotopic (exact) mass is 194 g/mol. The zero-order valence-electron chi connectivity index (χ0n) is 7.87. The van der Waals surface area contributed by atoms with Crippen LogP contribution in [0.15, 0.2) is 6.07 Å². The van der Waals surface area contributed by atoms with Gasteiger partial charge in [-0.3, -0.25) is 4.79 Å². The van der Waals surface area contributed by atoms with E-state index in [0.717, 1.165) is 0 Å². The van der Waals surface area contributed by atoms with Crippen LogP contribution >= 0.6 is 0 Å². The third kappa shape index (κ3) is 1.71. The number of rotatable bonds is 2. The van der Waals surface area contributed by atoms with Crippen molar-refractivity contribution in [2.24, 2.45) is 0 Å². The highest BCUT2D eigenvalue weighted by atomic mass is 16.4. The molecule has 1 heterocycles. The summed E-state index contributed by atoms with van der Waals surface area (Å²) >= 11 is 0. The van der Waals surface area contributed by atoms with Gasteiger partial charge in [-0.25, -0.2) is 9.78 Å². The minimum atomic E-state index is -1.25. The van der Waals surface area contributed by atoms with Crippen molar-refractivity contribution in [1.82, 2.24) is 4.98 Å². The summed E-state index contributed by atoms with van der Waals surface area (Å²) in [6.07, 6.45) is 0. The number of nitrogens with zero attached hydrogens (tertiary/aromatic N) is 1. The molecule has 1 rings (SSSR count). The minimum absolute atomic E-state index is 0.0872. The summed E-state index contributed by atoms with van der Waals surface area (Å²) in [7, 11) is 0. The quantitative estimate of drug-likeness (QED) is 0.681. The highest BCUT2D eigenvalue weighted by Crippen LogP contribution is 2.14. The molecule has 0 aliphatic rings. The second kappa shape index (κ2) is 3.45. The fraction of sp³-hybridized carbons (Fsp3) is 0.222. The molecule has 0 aliphatic heterocycles. The highest BCUT2D eigenvalue weighted by Gasteiger charge is 2.16. The van der Waals surface area contributed by atoms with E-state index in [4.69, 9.17) is 10.8 Å². The van der Waals surface area contributed by atoms with Crippen molar-refractivity contribution in [3.8, 4) is 0 Å². The zero-order chi connectivity index (χ0) is 10.9. The van der Waals surface area contributed by atoms with E-state index >= 15 is 0 Å². The van der Waals surface area contributed by atoms with Crippen molar-refractivity contribution in [2.45, 2.75) is 13.8 Å². The first-order valence-corrected chi connectivity index (χ1v) is 3.95. The van der Waals surface area contributed by atoms with E-state index in [1.807, 2.05) is 0 Å². The van der Waals surface area contributed by atoms with Crippen molar-refractivity contribution in [3.63, 3.8) is 0 Å². The molecule has 0 saturated carbocycles. The van der Waals surface area contributed by atoms with Crippen molar-refractivity contribution in [2.75, 3.05) is 5.73 Å². The van der Waals surface area contributed by atoms with Crippen LogP contribution < -0.4 is 5.73 Å². The van der Waals surface area contributed by atoms with Crippen LogP contribution in [0, 0.1) is 6.92 Å². The van der Waals surface area contributed by atoms with Gasteiger partial charge in [0.2, 0.25) is 0 Å². The largest absolute Gasteiger partial charge is 0.476 e. The summed E-state index contributed by atoms with van der Waals surface area (Å²) in [5, 5.41) is 8.76. The molecule has 0 aliphatic carbocycles. The Hall–Kier alpha value is -1.91. The predicted octanol–water partition coefficient (Wildman–Crippen LogP) is 0.873. The molecule has 0 bridgehead atoms. The maximum atomic E-state index is 11.1. The normalized spacial score (nSPS) is 9.86. The molecular formula is C9H10N2O3. The Bertz CT molecular complexity index is 374. The van der Waals surface area contributed by atoms with Gasteiger partial charge in [0.05, 0.1) is 5.56 Å². The van der Waals surface area contributed by atoms with Gasteiger partial charge < -0.3 is 10.8 Å². The van der Waals surface area contributed by atoms with Gasteiger partial charge in [-0.15, -0.1) is 0 Å². The topological polar surface area (TPSA) is 93.3 Å². The Kier molecular flexibility index (Phi) is 2.51. The van der Waals surface area contributed by atoms with Crippen LogP contribution in [0.1, 0.15) is 33.3 Å². The van der Waals surface area contributed by atoms with E-state index in [0.29, 0.717) is 5.56 Å². The molecule has 14 heavy (non-hydrogen) atoms. The Morgan fingerprint density at radius 2 is 2.07 bits per heavy atom. The minimum Gasteiger partial charge on any atom is -0.476 e. The number of carboxylic acid groups (broad SMARTS) is 1. The van der Waals surface area contributed by atoms with E-state index in [-0.39, 0.29) is 22.9 Å². The van der Waals surface area contributed by atoms with E-state index in [9.17, 15) is 9.59 Å². The average Bonchev–Trinajstić information content (AvgIpc) is 2.08. The second-order valence-corrected chi connectivity index (χ2v) is 2.95. The Morgan fingerprint density at radius 1 is 1.50 bits per heavy atom. The maximum Gasteiger partial charge on any atom is 0.355 e. The average molecular weight is 194 g/mol. The van der Waals surface area contributed by atoms with E-state index in [2.05, 4.69) is 4.98 Å². The molecule has 5 nitrogen and oxygen atoms in total. The van der Waals surface area contributed by atoms with E-state index in [1.165, 1.54) is 13.0 Å². The number of Topliss-reactive ketones (excluding diaryl/α,β-unsaturated/α-hetero) is 1. The number of aromatic nitrogens is 1. The molecule has 0 spiro atoms. The molecule has 0 saturated heterocycles. The molecule has 1 aromatic rings. The maximum absolute atomic E-state index is 11.1. The second-order valence-electron chi connectivity index (χ2n) is 2.95. The lowest BCUT2D eigenvalue weighted by Gasteiger charge is -2.05. The molecule has 0 aromatic carbocycles. The number of pyridine rings is 1. The van der Waals surface area contributed by atoms with Gasteiger partial charge in [0, 0.05) is 0 Å². The lowest BCUT2D eigenvalue weighted by atomic mass is 10.1. The number of carboxylic acids is 1. The number of hydrogen-bond donors (Lipinski definition) is 2. The lowest BCUT2D eigenvalue weighted by molar-refractivity contribution is 0.0686.